The summed E-state index contributed by atoms with van der Waals surface area (Å²) in [5.74, 6) is 0.298. The number of benzene rings is 4. The first-order chi connectivity index (χ1) is 27.2. The van der Waals surface area contributed by atoms with Crippen molar-refractivity contribution in [2.45, 2.75) is 95.4 Å². The van der Waals surface area contributed by atoms with Crippen molar-refractivity contribution >= 4 is 0 Å². The fourth-order valence-corrected chi connectivity index (χ4v) is 5.97. The maximum Gasteiger partial charge on any atom is 2.00 e. The Labute approximate surface area is 382 Å². The molecule has 2 radical (unpaired) electrons. The summed E-state index contributed by atoms with van der Waals surface area (Å²) in [6.07, 6.45) is 0. The third kappa shape index (κ3) is 20.5. The van der Waals surface area contributed by atoms with Crippen LogP contribution in [-0.2, 0) is 59.7 Å². The van der Waals surface area contributed by atoms with Gasteiger partial charge in [-0.15, -0.1) is 23.0 Å². The molecule has 0 aliphatic carbocycles. The molecule has 60 heavy (non-hydrogen) atoms. The fraction of sp³-hybridized carbons (Fsp3) is 0.458. The zero-order valence-corrected chi connectivity index (χ0v) is 40.3. The molecule has 0 fully saturated rings. The normalized spacial score (nSPS) is 10.3. The van der Waals surface area contributed by atoms with E-state index >= 15 is 0 Å². The van der Waals surface area contributed by atoms with Gasteiger partial charge in [0.15, 0.2) is 0 Å². The van der Waals surface area contributed by atoms with Crippen LogP contribution < -0.4 is 20.4 Å². The first kappa shape index (κ1) is 58.0. The Kier molecular flexibility index (Phi) is 28.2. The van der Waals surface area contributed by atoms with Gasteiger partial charge in [-0.2, -0.15) is 10.5 Å². The van der Waals surface area contributed by atoms with Crippen LogP contribution in [-0.4, -0.2) is 74.0 Å². The molecule has 330 valence electrons. The van der Waals surface area contributed by atoms with E-state index in [2.05, 4.69) is 19.6 Å². The Balaban J connectivity index is 0. The van der Waals surface area contributed by atoms with E-state index in [1.165, 1.54) is 13.8 Å². The molecule has 4 rings (SSSR count). The predicted octanol–water partition coefficient (Wildman–Crippen LogP) is 6.32. The molecule has 0 saturated heterocycles. The van der Waals surface area contributed by atoms with E-state index in [4.69, 9.17) is 10.5 Å². The second-order valence-electron chi connectivity index (χ2n) is 15.7. The molecule has 12 heteroatoms. The van der Waals surface area contributed by atoms with Crippen LogP contribution in [0.3, 0.4) is 0 Å². The maximum absolute atomic E-state index is 12.4. The minimum atomic E-state index is 0. The second-order valence-corrected chi connectivity index (χ2v) is 15.7. The molecule has 0 spiro atoms. The van der Waals surface area contributed by atoms with Crippen molar-refractivity contribution in [1.82, 2.24) is 19.6 Å². The van der Waals surface area contributed by atoms with Crippen LogP contribution >= 0.6 is 0 Å². The number of nitrogens with zero attached hydrogens (tertiary/aromatic N) is 6. The SMILES string of the molecule is CC#N.CC#N.Cc1cc([O-])c(CN(CCN(C)C)Cc2cc(C)c(C)cc2[O-])cc1C.Cc1cc([O-])c(CN(CCN(C)C)Cc2cc(C)c(C)cc2[O-])cc1C.[Co+2].[Co+2]. The number of hydrogen-bond donors (Lipinski definition) is 0. The van der Waals surface area contributed by atoms with Gasteiger partial charge in [0.2, 0.25) is 0 Å². The molecule has 0 aliphatic heterocycles. The summed E-state index contributed by atoms with van der Waals surface area (Å²) >= 11 is 0. The van der Waals surface area contributed by atoms with Crippen molar-refractivity contribution in [2.75, 3.05) is 54.4 Å². The largest absolute Gasteiger partial charge is 2.00 e. The minimum absolute atomic E-state index is 0. The van der Waals surface area contributed by atoms with Crippen LogP contribution in [0, 0.1) is 78.1 Å². The molecule has 0 aliphatic rings. The van der Waals surface area contributed by atoms with E-state index in [9.17, 15) is 20.4 Å². The summed E-state index contributed by atoms with van der Waals surface area (Å²) in [6, 6.07) is 18.3. The maximum atomic E-state index is 12.4. The molecule has 0 aromatic heterocycles. The van der Waals surface area contributed by atoms with Gasteiger partial charge in [-0.05, 0) is 150 Å². The molecule has 0 bridgehead atoms. The summed E-state index contributed by atoms with van der Waals surface area (Å²) in [5, 5.41) is 64.2. The zero-order chi connectivity index (χ0) is 44.3. The van der Waals surface area contributed by atoms with E-state index in [0.717, 1.165) is 92.9 Å². The van der Waals surface area contributed by atoms with Crippen LogP contribution in [0.15, 0.2) is 48.5 Å². The second kappa shape index (κ2) is 29.2. The average molecular weight is 909 g/mol. The third-order valence-electron chi connectivity index (χ3n) is 10.0. The van der Waals surface area contributed by atoms with Crippen molar-refractivity contribution in [3.05, 3.63) is 115 Å². The van der Waals surface area contributed by atoms with Gasteiger partial charge in [0, 0.05) is 66.2 Å². The Morgan fingerprint density at radius 2 is 0.550 bits per heavy atom. The van der Waals surface area contributed by atoms with Crippen LogP contribution in [0.4, 0.5) is 0 Å². The monoisotopic (exact) mass is 908 g/mol. The quantitative estimate of drug-likeness (QED) is 0.141. The van der Waals surface area contributed by atoms with Gasteiger partial charge in [-0.1, -0.05) is 48.5 Å². The summed E-state index contributed by atoms with van der Waals surface area (Å²) in [7, 11) is 8.12. The summed E-state index contributed by atoms with van der Waals surface area (Å²) < 4.78 is 0. The van der Waals surface area contributed by atoms with E-state index in [1.54, 1.807) is 36.4 Å². The molecular formula is C48H66Co2N6O4. The van der Waals surface area contributed by atoms with Crippen molar-refractivity contribution < 1.29 is 54.0 Å². The molecule has 0 atom stereocenters. The van der Waals surface area contributed by atoms with Gasteiger partial charge in [0.1, 0.15) is 0 Å². The van der Waals surface area contributed by atoms with Crippen LogP contribution in [0.2, 0.25) is 0 Å². The predicted molar refractivity (Wildman–Crippen MR) is 229 cm³/mol. The van der Waals surface area contributed by atoms with Gasteiger partial charge >= 0.3 is 33.6 Å². The smallest absolute Gasteiger partial charge is 0.872 e. The summed E-state index contributed by atoms with van der Waals surface area (Å²) in [5.41, 5.74) is 11.8. The Morgan fingerprint density at radius 1 is 0.383 bits per heavy atom. The third-order valence-corrected chi connectivity index (χ3v) is 10.0. The first-order valence-electron chi connectivity index (χ1n) is 19.6. The van der Waals surface area contributed by atoms with Gasteiger partial charge < -0.3 is 30.2 Å². The molecule has 4 aromatic carbocycles. The van der Waals surface area contributed by atoms with E-state index in [0.29, 0.717) is 26.2 Å². The van der Waals surface area contributed by atoms with Crippen molar-refractivity contribution in [2.24, 2.45) is 0 Å². The minimum Gasteiger partial charge on any atom is -0.872 e. The zero-order valence-electron chi connectivity index (χ0n) is 38.3. The van der Waals surface area contributed by atoms with E-state index in [1.807, 2.05) is 108 Å². The van der Waals surface area contributed by atoms with Gasteiger partial charge in [-0.3, -0.25) is 9.80 Å². The summed E-state index contributed by atoms with van der Waals surface area (Å²) in [4.78, 5) is 8.61. The van der Waals surface area contributed by atoms with Gasteiger partial charge in [-0.25, -0.2) is 0 Å². The van der Waals surface area contributed by atoms with Crippen molar-refractivity contribution in [3.63, 3.8) is 0 Å². The Morgan fingerprint density at radius 3 is 0.717 bits per heavy atom. The Hall–Kier alpha value is -4.09. The molecule has 0 heterocycles. The molecule has 0 unspecified atom stereocenters. The van der Waals surface area contributed by atoms with Crippen LogP contribution in [0.25, 0.3) is 0 Å². The first-order valence-corrected chi connectivity index (χ1v) is 19.6. The molecule has 0 N–H and O–H groups in total. The molecular weight excluding hydrogens is 842 g/mol. The number of likely N-dealkylation sites (N-methyl/N-ethyl adjacent to an activating group) is 2. The molecule has 0 amide bonds. The van der Waals surface area contributed by atoms with E-state index < -0.39 is 0 Å². The van der Waals surface area contributed by atoms with Crippen molar-refractivity contribution in [1.29, 1.82) is 10.5 Å². The Bertz CT molecular complexity index is 1750. The fourth-order valence-electron chi connectivity index (χ4n) is 5.97. The number of nitriles is 2. The van der Waals surface area contributed by atoms with E-state index in [-0.39, 0.29) is 56.6 Å². The molecule has 10 nitrogen and oxygen atoms in total. The summed E-state index contributed by atoms with van der Waals surface area (Å²) in [6.45, 7) is 24.4. The average Bonchev–Trinajstić information content (AvgIpc) is 3.12. The van der Waals surface area contributed by atoms with Gasteiger partial charge in [0.25, 0.3) is 0 Å². The number of hydrogen-bond acceptors (Lipinski definition) is 10. The molecule has 4 aromatic rings. The van der Waals surface area contributed by atoms with Gasteiger partial charge in [0.05, 0.1) is 12.1 Å². The standard InChI is InChI=1S/2C22H32N2O2.2C2H3N.2Co/c2*1-15-9-19(21(25)11-17(15)3)13-24(8-7-23(5)6)14-20-10-16(2)18(4)12-22(20)26;2*1-2-3;;/h2*9-12,25-26H,7-8,13-14H2,1-6H3;2*1H3;;/q;;;;2*+2/p-4. The number of rotatable bonds is 14. The number of aryl methyl sites for hydroxylation is 8. The van der Waals surface area contributed by atoms with Crippen LogP contribution in [0.5, 0.6) is 23.0 Å². The molecule has 0 saturated carbocycles. The van der Waals surface area contributed by atoms with Crippen molar-refractivity contribution in [3.8, 4) is 35.1 Å². The topological polar surface area (TPSA) is 153 Å². The van der Waals surface area contributed by atoms with Crippen LogP contribution in [0.1, 0.15) is 80.6 Å².